The number of carbonyl (C=O) groups is 3. The summed E-state index contributed by atoms with van der Waals surface area (Å²) in [6.45, 7) is 1.27. The second-order valence-corrected chi connectivity index (χ2v) is 10.1. The number of aryl methyl sites for hydroxylation is 2. The number of rotatable bonds is 3. The lowest BCUT2D eigenvalue weighted by molar-refractivity contribution is -0.134. The Morgan fingerprint density at radius 3 is 2.89 bits per heavy atom. The quantitative estimate of drug-likeness (QED) is 0.572. The van der Waals surface area contributed by atoms with Gasteiger partial charge in [-0.25, -0.2) is 0 Å². The van der Waals surface area contributed by atoms with Crippen molar-refractivity contribution in [2.75, 3.05) is 31.1 Å². The lowest BCUT2D eigenvalue weighted by Crippen LogP contribution is -2.48. The summed E-state index contributed by atoms with van der Waals surface area (Å²) in [6.07, 6.45) is 3.42. The van der Waals surface area contributed by atoms with E-state index in [2.05, 4.69) is 15.5 Å². The molecule has 3 amide bonds. The van der Waals surface area contributed by atoms with Crippen LogP contribution in [0.15, 0.2) is 54.9 Å². The molecule has 0 aliphatic carbocycles. The summed E-state index contributed by atoms with van der Waals surface area (Å²) in [4.78, 5) is 44.4. The minimum Gasteiger partial charge on any atom is -0.494 e. The van der Waals surface area contributed by atoms with Gasteiger partial charge in [0.1, 0.15) is 29.9 Å². The van der Waals surface area contributed by atoms with Gasteiger partial charge >= 0.3 is 0 Å². The smallest absolute Gasteiger partial charge is 0.240 e. The monoisotopic (exact) mass is 514 g/mol. The van der Waals surface area contributed by atoms with Crippen LogP contribution in [-0.2, 0) is 33.3 Å². The van der Waals surface area contributed by atoms with Crippen LogP contribution in [0.2, 0.25) is 0 Å². The van der Waals surface area contributed by atoms with Crippen LogP contribution in [0.25, 0.3) is 0 Å². The topological polar surface area (TPSA) is 110 Å². The third-order valence-electron chi connectivity index (χ3n) is 7.90. The zero-order valence-electron chi connectivity index (χ0n) is 21.3. The van der Waals surface area contributed by atoms with Crippen LogP contribution in [0.3, 0.4) is 0 Å². The van der Waals surface area contributed by atoms with E-state index in [0.29, 0.717) is 44.7 Å². The maximum absolute atomic E-state index is 14.4. The van der Waals surface area contributed by atoms with Crippen molar-refractivity contribution in [2.45, 2.75) is 37.1 Å². The Labute approximate surface area is 220 Å². The number of likely N-dealkylation sites (tertiary alicyclic amines) is 1. The average molecular weight is 515 g/mol. The molecule has 1 saturated heterocycles. The number of nitrogens with one attached hydrogen (secondary N) is 1. The van der Waals surface area contributed by atoms with Crippen LogP contribution in [0, 0.1) is 0 Å². The van der Waals surface area contributed by atoms with Gasteiger partial charge in [-0.15, -0.1) is 10.2 Å². The molecule has 10 nitrogen and oxygen atoms in total. The predicted octanol–water partition coefficient (Wildman–Crippen LogP) is 1.90. The normalized spacial score (nSPS) is 22.8. The number of amides is 3. The van der Waals surface area contributed by atoms with Crippen molar-refractivity contribution in [3.63, 3.8) is 0 Å². The Bertz CT molecular complexity index is 1400. The number of carbonyl (C=O) groups excluding carboxylic acids is 3. The van der Waals surface area contributed by atoms with Crippen molar-refractivity contribution in [3.8, 4) is 5.75 Å². The molecule has 2 aromatic carbocycles. The molecule has 1 fully saturated rings. The number of fused-ring (bicyclic) bond motifs is 6. The molecule has 0 unspecified atom stereocenters. The number of ether oxygens (including phenoxy) is 1. The van der Waals surface area contributed by atoms with Crippen molar-refractivity contribution in [1.82, 2.24) is 25.0 Å². The molecule has 6 rings (SSSR count). The maximum Gasteiger partial charge on any atom is 0.240 e. The molecule has 3 aliphatic heterocycles. The van der Waals surface area contributed by atoms with Crippen molar-refractivity contribution in [1.29, 1.82) is 0 Å². The number of hydrogen-bond donors (Lipinski definition) is 1. The second-order valence-electron chi connectivity index (χ2n) is 10.1. The lowest BCUT2D eigenvalue weighted by atomic mass is 9.72. The van der Waals surface area contributed by atoms with Gasteiger partial charge in [0.2, 0.25) is 17.7 Å². The summed E-state index contributed by atoms with van der Waals surface area (Å²) < 4.78 is 7.79. The Hall–Kier alpha value is -4.21. The van der Waals surface area contributed by atoms with Gasteiger partial charge < -0.3 is 24.4 Å². The molecule has 10 heteroatoms. The molecule has 196 valence electrons. The Balaban J connectivity index is 1.45. The highest BCUT2D eigenvalue weighted by Gasteiger charge is 2.61. The fraction of sp³-hybridized carbons (Fsp3) is 0.393. The number of para-hydroxylation sites is 1. The van der Waals surface area contributed by atoms with Gasteiger partial charge in [0.25, 0.3) is 0 Å². The van der Waals surface area contributed by atoms with Crippen LogP contribution in [-0.4, -0.2) is 63.6 Å². The van der Waals surface area contributed by atoms with Crippen LogP contribution < -0.4 is 15.0 Å². The highest BCUT2D eigenvalue weighted by Crippen LogP contribution is 2.56. The van der Waals surface area contributed by atoms with Crippen LogP contribution in [0.5, 0.6) is 5.75 Å². The SMILES string of the molecule is Cn1cnnc1CCC(=O)N1CC[C@]23C(=O)N(CC(=O)NCCCOc4cccc(c4)[C@H]12)c1ccccc13. The van der Waals surface area contributed by atoms with E-state index in [0.717, 1.165) is 22.6 Å². The Morgan fingerprint density at radius 2 is 2.05 bits per heavy atom. The minimum atomic E-state index is -1.000. The molecule has 2 atom stereocenters. The molecular weight excluding hydrogens is 484 g/mol. The fourth-order valence-corrected chi connectivity index (χ4v) is 6.14. The van der Waals surface area contributed by atoms with Crippen molar-refractivity contribution in [3.05, 3.63) is 71.8 Å². The highest BCUT2D eigenvalue weighted by molar-refractivity contribution is 6.12. The Morgan fingerprint density at radius 1 is 1.18 bits per heavy atom. The molecular formula is C28H30N6O4. The van der Waals surface area contributed by atoms with Crippen LogP contribution in [0.4, 0.5) is 5.69 Å². The van der Waals surface area contributed by atoms with Crippen LogP contribution >= 0.6 is 0 Å². The van der Waals surface area contributed by atoms with E-state index in [1.807, 2.05) is 60.5 Å². The van der Waals surface area contributed by atoms with Crippen molar-refractivity contribution >= 4 is 23.4 Å². The minimum absolute atomic E-state index is 0.0520. The van der Waals surface area contributed by atoms with E-state index in [1.165, 1.54) is 0 Å². The van der Waals surface area contributed by atoms with Gasteiger partial charge in [0.05, 0.1) is 12.6 Å². The van der Waals surface area contributed by atoms with Crippen molar-refractivity contribution < 1.29 is 19.1 Å². The molecule has 4 bridgehead atoms. The van der Waals surface area contributed by atoms with E-state index in [9.17, 15) is 14.4 Å². The summed E-state index contributed by atoms with van der Waals surface area (Å²) in [6, 6.07) is 14.8. The first-order valence-corrected chi connectivity index (χ1v) is 13.0. The molecule has 0 saturated carbocycles. The molecule has 1 aromatic heterocycles. The molecule has 1 spiro atoms. The molecule has 3 aliphatic rings. The summed E-state index contributed by atoms with van der Waals surface area (Å²) in [5.41, 5.74) is 1.43. The molecule has 38 heavy (non-hydrogen) atoms. The third kappa shape index (κ3) is 3.91. The largest absolute Gasteiger partial charge is 0.494 e. The van der Waals surface area contributed by atoms with Crippen LogP contribution in [0.1, 0.15) is 42.3 Å². The maximum atomic E-state index is 14.4. The van der Waals surface area contributed by atoms with Gasteiger partial charge in [-0.1, -0.05) is 30.3 Å². The number of benzene rings is 2. The van der Waals surface area contributed by atoms with Gasteiger partial charge in [-0.3, -0.25) is 14.4 Å². The summed E-state index contributed by atoms with van der Waals surface area (Å²) in [5, 5.41) is 10.9. The standard InChI is InChI=1S/C28H30N6O4/c1-32-18-30-31-23(32)10-11-25(36)33-14-12-28-21-8-2-3-9-22(21)34(27(28)37)17-24(35)29-13-5-15-38-20-7-4-6-19(16-20)26(28)33/h2-4,6-9,16,18,26H,5,10-15,17H2,1H3,(H,29,35)/t26-,28+/m0/s1. The summed E-state index contributed by atoms with van der Waals surface area (Å²) in [5.74, 6) is 0.990. The zero-order valence-corrected chi connectivity index (χ0v) is 21.3. The zero-order chi connectivity index (χ0) is 26.3. The fourth-order valence-electron chi connectivity index (χ4n) is 6.14. The van der Waals surface area contributed by atoms with E-state index in [4.69, 9.17) is 4.74 Å². The number of nitrogens with zero attached hydrogens (tertiary/aromatic N) is 5. The van der Waals surface area contributed by atoms with E-state index < -0.39 is 11.5 Å². The van der Waals surface area contributed by atoms with E-state index >= 15 is 0 Å². The van der Waals surface area contributed by atoms with Gasteiger partial charge in [-0.05, 0) is 42.2 Å². The first-order chi connectivity index (χ1) is 18.5. The first-order valence-electron chi connectivity index (χ1n) is 13.0. The summed E-state index contributed by atoms with van der Waals surface area (Å²) >= 11 is 0. The summed E-state index contributed by atoms with van der Waals surface area (Å²) in [7, 11) is 1.85. The number of aromatic nitrogens is 3. The molecule has 1 N–H and O–H groups in total. The molecule has 3 aromatic rings. The molecule has 4 heterocycles. The predicted molar refractivity (Wildman–Crippen MR) is 138 cm³/mol. The Kier molecular flexibility index (Phi) is 6.09. The third-order valence-corrected chi connectivity index (χ3v) is 7.90. The molecule has 0 radical (unpaired) electrons. The number of hydrogen-bond acceptors (Lipinski definition) is 6. The average Bonchev–Trinajstić information content (AvgIpc) is 3.59. The second kappa shape index (κ2) is 9.59. The van der Waals surface area contributed by atoms with Crippen molar-refractivity contribution in [2.24, 2.45) is 7.05 Å². The van der Waals surface area contributed by atoms with E-state index in [1.54, 1.807) is 15.8 Å². The lowest BCUT2D eigenvalue weighted by Gasteiger charge is -2.35. The van der Waals surface area contributed by atoms with Gasteiger partial charge in [0, 0.05) is 38.7 Å². The highest BCUT2D eigenvalue weighted by atomic mass is 16.5. The van der Waals surface area contributed by atoms with Gasteiger partial charge in [-0.2, -0.15) is 0 Å². The number of anilines is 1. The van der Waals surface area contributed by atoms with Gasteiger partial charge in [0.15, 0.2) is 0 Å². The van der Waals surface area contributed by atoms with E-state index in [-0.39, 0.29) is 30.7 Å². The first kappa shape index (κ1) is 24.1.